The number of alkyl halides is 1. The molecule has 0 aromatic heterocycles. The number of nitrogens with zero attached hydrogens (tertiary/aromatic N) is 1. The van der Waals surface area contributed by atoms with E-state index in [0.717, 1.165) is 24.8 Å². The molecular formula is C16H22BrNO3. The fourth-order valence-corrected chi connectivity index (χ4v) is 3.04. The van der Waals surface area contributed by atoms with Gasteiger partial charge in [0.05, 0.1) is 13.2 Å². The highest BCUT2D eigenvalue weighted by molar-refractivity contribution is 9.09. The number of likely N-dealkylation sites (tertiary alicyclic amines) is 1. The molecule has 1 atom stereocenters. The van der Waals surface area contributed by atoms with Crippen LogP contribution in [0.5, 0.6) is 11.5 Å². The minimum Gasteiger partial charge on any atom is -0.490 e. The second-order valence-corrected chi connectivity index (χ2v) is 5.74. The lowest BCUT2D eigenvalue weighted by atomic mass is 10.1. The van der Waals surface area contributed by atoms with E-state index in [1.165, 1.54) is 0 Å². The van der Waals surface area contributed by atoms with Gasteiger partial charge in [0, 0.05) is 24.0 Å². The maximum absolute atomic E-state index is 12.5. The Morgan fingerprint density at radius 2 is 2.00 bits per heavy atom. The Morgan fingerprint density at radius 1 is 1.29 bits per heavy atom. The maximum atomic E-state index is 12.5. The van der Waals surface area contributed by atoms with Crippen LogP contribution in [0.3, 0.4) is 0 Å². The zero-order chi connectivity index (χ0) is 15.2. The van der Waals surface area contributed by atoms with Crippen molar-refractivity contribution in [1.82, 2.24) is 4.90 Å². The number of halogens is 1. The van der Waals surface area contributed by atoms with Crippen LogP contribution < -0.4 is 9.47 Å². The number of benzene rings is 1. The molecule has 1 fully saturated rings. The quantitative estimate of drug-likeness (QED) is 0.734. The predicted octanol–water partition coefficient (Wildman–Crippen LogP) is 3.34. The van der Waals surface area contributed by atoms with Gasteiger partial charge in [-0.25, -0.2) is 0 Å². The smallest absolute Gasteiger partial charge is 0.254 e. The molecule has 1 aromatic rings. The molecule has 1 heterocycles. The van der Waals surface area contributed by atoms with Gasteiger partial charge in [0.2, 0.25) is 0 Å². The standard InChI is InChI=1S/C16H22BrNO3/c1-3-20-14-6-5-13(9-15(14)21-4-2)16(19)18-8-7-12(10-17)11-18/h5-6,9,12H,3-4,7-8,10-11H2,1-2H3. The van der Waals surface area contributed by atoms with Gasteiger partial charge in [0.1, 0.15) is 0 Å². The lowest BCUT2D eigenvalue weighted by Crippen LogP contribution is -2.28. The normalized spacial score (nSPS) is 17.9. The van der Waals surface area contributed by atoms with Crippen LogP contribution in [-0.2, 0) is 0 Å². The number of carbonyl (C=O) groups excluding carboxylic acids is 1. The molecule has 1 saturated heterocycles. The second kappa shape index (κ2) is 7.69. The van der Waals surface area contributed by atoms with Crippen molar-refractivity contribution in [2.45, 2.75) is 20.3 Å². The van der Waals surface area contributed by atoms with Crippen molar-refractivity contribution in [3.05, 3.63) is 23.8 Å². The van der Waals surface area contributed by atoms with Crippen molar-refractivity contribution in [2.75, 3.05) is 31.6 Å². The van der Waals surface area contributed by atoms with Gasteiger partial charge < -0.3 is 14.4 Å². The molecule has 116 valence electrons. The highest BCUT2D eigenvalue weighted by Crippen LogP contribution is 2.30. The van der Waals surface area contributed by atoms with E-state index < -0.39 is 0 Å². The first-order valence-electron chi connectivity index (χ1n) is 7.44. The summed E-state index contributed by atoms with van der Waals surface area (Å²) in [6.45, 7) is 6.62. The third-order valence-corrected chi connectivity index (χ3v) is 4.50. The zero-order valence-corrected chi connectivity index (χ0v) is 14.2. The average Bonchev–Trinajstić information content (AvgIpc) is 2.98. The number of carbonyl (C=O) groups is 1. The van der Waals surface area contributed by atoms with E-state index in [1.807, 2.05) is 30.9 Å². The summed E-state index contributed by atoms with van der Waals surface area (Å²) in [5.74, 6) is 1.96. The molecule has 1 aromatic carbocycles. The van der Waals surface area contributed by atoms with E-state index in [-0.39, 0.29) is 5.91 Å². The molecule has 0 N–H and O–H groups in total. The van der Waals surface area contributed by atoms with Crippen molar-refractivity contribution in [1.29, 1.82) is 0 Å². The maximum Gasteiger partial charge on any atom is 0.254 e. The van der Waals surface area contributed by atoms with Crippen molar-refractivity contribution in [2.24, 2.45) is 5.92 Å². The highest BCUT2D eigenvalue weighted by Gasteiger charge is 2.26. The fraction of sp³-hybridized carbons (Fsp3) is 0.562. The van der Waals surface area contributed by atoms with Gasteiger partial charge in [-0.3, -0.25) is 4.79 Å². The summed E-state index contributed by atoms with van der Waals surface area (Å²) in [6, 6.07) is 5.43. The lowest BCUT2D eigenvalue weighted by molar-refractivity contribution is 0.0788. The molecule has 0 saturated carbocycles. The van der Waals surface area contributed by atoms with Crippen LogP contribution in [0.2, 0.25) is 0 Å². The van der Waals surface area contributed by atoms with E-state index in [0.29, 0.717) is 36.2 Å². The van der Waals surface area contributed by atoms with Gasteiger partial charge in [-0.05, 0) is 44.4 Å². The Morgan fingerprint density at radius 3 is 2.62 bits per heavy atom. The number of rotatable bonds is 6. The first kappa shape index (κ1) is 16.1. The van der Waals surface area contributed by atoms with Crippen LogP contribution in [0.1, 0.15) is 30.6 Å². The van der Waals surface area contributed by atoms with Crippen molar-refractivity contribution >= 4 is 21.8 Å². The number of ether oxygens (including phenoxy) is 2. The van der Waals surface area contributed by atoms with Gasteiger partial charge in [-0.15, -0.1) is 0 Å². The molecule has 21 heavy (non-hydrogen) atoms. The fourth-order valence-electron chi connectivity index (χ4n) is 2.51. The molecule has 1 amide bonds. The first-order valence-corrected chi connectivity index (χ1v) is 8.56. The summed E-state index contributed by atoms with van der Waals surface area (Å²) in [5.41, 5.74) is 0.664. The molecule has 0 bridgehead atoms. The first-order chi connectivity index (χ1) is 10.2. The van der Waals surface area contributed by atoms with Crippen LogP contribution in [0.4, 0.5) is 0 Å². The second-order valence-electron chi connectivity index (χ2n) is 5.09. The largest absolute Gasteiger partial charge is 0.490 e. The SMILES string of the molecule is CCOc1ccc(C(=O)N2CCC(CBr)C2)cc1OCC. The van der Waals surface area contributed by atoms with Crippen LogP contribution in [0.15, 0.2) is 18.2 Å². The summed E-state index contributed by atoms with van der Waals surface area (Å²) in [4.78, 5) is 14.5. The van der Waals surface area contributed by atoms with Crippen LogP contribution in [0, 0.1) is 5.92 Å². The molecular weight excluding hydrogens is 334 g/mol. The molecule has 5 heteroatoms. The summed E-state index contributed by atoms with van der Waals surface area (Å²) in [7, 11) is 0. The molecule has 2 rings (SSSR count). The Kier molecular flexibility index (Phi) is 5.91. The third kappa shape index (κ3) is 3.90. The van der Waals surface area contributed by atoms with E-state index in [4.69, 9.17) is 9.47 Å². The Labute approximate surface area is 134 Å². The van der Waals surface area contributed by atoms with Crippen molar-refractivity contribution in [3.8, 4) is 11.5 Å². The van der Waals surface area contributed by atoms with Crippen LogP contribution in [0.25, 0.3) is 0 Å². The van der Waals surface area contributed by atoms with Gasteiger partial charge in [-0.2, -0.15) is 0 Å². The number of hydrogen-bond acceptors (Lipinski definition) is 3. The molecule has 4 nitrogen and oxygen atoms in total. The highest BCUT2D eigenvalue weighted by atomic mass is 79.9. The van der Waals surface area contributed by atoms with Gasteiger partial charge in [0.25, 0.3) is 5.91 Å². The molecule has 1 aliphatic rings. The third-order valence-electron chi connectivity index (χ3n) is 3.58. The minimum atomic E-state index is 0.0717. The molecule has 1 aliphatic heterocycles. The topological polar surface area (TPSA) is 38.8 Å². The van der Waals surface area contributed by atoms with E-state index in [2.05, 4.69) is 15.9 Å². The van der Waals surface area contributed by atoms with Gasteiger partial charge in [-0.1, -0.05) is 15.9 Å². The van der Waals surface area contributed by atoms with E-state index in [9.17, 15) is 4.79 Å². The Bertz CT molecular complexity index is 492. The average molecular weight is 356 g/mol. The number of amides is 1. The molecule has 1 unspecified atom stereocenters. The molecule has 0 radical (unpaired) electrons. The van der Waals surface area contributed by atoms with Crippen LogP contribution in [-0.4, -0.2) is 42.4 Å². The summed E-state index contributed by atoms with van der Waals surface area (Å²) in [5, 5.41) is 0.949. The lowest BCUT2D eigenvalue weighted by Gasteiger charge is -2.18. The number of hydrogen-bond donors (Lipinski definition) is 0. The monoisotopic (exact) mass is 355 g/mol. The summed E-state index contributed by atoms with van der Waals surface area (Å²) >= 11 is 3.49. The van der Waals surface area contributed by atoms with E-state index >= 15 is 0 Å². The molecule has 0 spiro atoms. The Balaban J connectivity index is 2.15. The minimum absolute atomic E-state index is 0.0717. The van der Waals surface area contributed by atoms with Gasteiger partial charge in [0.15, 0.2) is 11.5 Å². The molecule has 0 aliphatic carbocycles. The zero-order valence-electron chi connectivity index (χ0n) is 12.6. The van der Waals surface area contributed by atoms with Crippen molar-refractivity contribution < 1.29 is 14.3 Å². The summed E-state index contributed by atoms with van der Waals surface area (Å²) < 4.78 is 11.1. The Hall–Kier alpha value is -1.23. The van der Waals surface area contributed by atoms with Gasteiger partial charge >= 0.3 is 0 Å². The van der Waals surface area contributed by atoms with Crippen molar-refractivity contribution in [3.63, 3.8) is 0 Å². The summed E-state index contributed by atoms with van der Waals surface area (Å²) in [6.07, 6.45) is 1.06. The predicted molar refractivity (Wildman–Crippen MR) is 86.6 cm³/mol. The van der Waals surface area contributed by atoms with Crippen LogP contribution >= 0.6 is 15.9 Å². The van der Waals surface area contributed by atoms with E-state index in [1.54, 1.807) is 6.07 Å².